The van der Waals surface area contributed by atoms with Crippen LogP contribution in [0.2, 0.25) is 5.02 Å². The van der Waals surface area contributed by atoms with E-state index in [4.69, 9.17) is 21.1 Å². The zero-order valence-corrected chi connectivity index (χ0v) is 17.4. The van der Waals surface area contributed by atoms with Crippen molar-refractivity contribution in [2.75, 3.05) is 6.61 Å². The molecule has 6 heteroatoms. The van der Waals surface area contributed by atoms with Gasteiger partial charge in [-0.25, -0.2) is 5.43 Å². The Hall–Kier alpha value is -3.31. The molecule has 0 atom stereocenters. The molecule has 0 aliphatic heterocycles. The first-order valence-electron chi connectivity index (χ1n) is 9.63. The lowest BCUT2D eigenvalue weighted by Gasteiger charge is -2.07. The van der Waals surface area contributed by atoms with E-state index in [2.05, 4.69) is 17.5 Å². The molecule has 0 saturated heterocycles. The Balaban J connectivity index is 1.40. The summed E-state index contributed by atoms with van der Waals surface area (Å²) in [5, 5.41) is 4.66. The summed E-state index contributed by atoms with van der Waals surface area (Å²) < 4.78 is 11.2. The highest BCUT2D eigenvalue weighted by Gasteiger charge is 2.02. The molecule has 0 aliphatic carbocycles. The first-order chi connectivity index (χ1) is 14.6. The maximum atomic E-state index is 11.8. The van der Waals surface area contributed by atoms with Crippen LogP contribution < -0.4 is 14.9 Å². The number of halogens is 1. The number of carbonyl (C=O) groups excluding carboxylic acids is 1. The lowest BCUT2D eigenvalue weighted by atomic mass is 10.2. The molecule has 5 nitrogen and oxygen atoms in total. The average Bonchev–Trinajstić information content (AvgIpc) is 2.78. The van der Waals surface area contributed by atoms with Crippen molar-refractivity contribution in [2.24, 2.45) is 5.10 Å². The van der Waals surface area contributed by atoms with Crippen LogP contribution in [0, 0.1) is 0 Å². The number of nitrogens with one attached hydrogen (secondary N) is 1. The molecular weight excluding hydrogens is 400 g/mol. The van der Waals surface area contributed by atoms with Crippen LogP contribution in [0.25, 0.3) is 0 Å². The van der Waals surface area contributed by atoms with Gasteiger partial charge in [-0.1, -0.05) is 42.8 Å². The van der Waals surface area contributed by atoms with Gasteiger partial charge in [0.15, 0.2) is 6.61 Å². The van der Waals surface area contributed by atoms with Crippen molar-refractivity contribution in [3.63, 3.8) is 0 Å². The maximum absolute atomic E-state index is 11.8. The molecule has 3 rings (SSSR count). The zero-order valence-electron chi connectivity index (χ0n) is 16.7. The monoisotopic (exact) mass is 422 g/mol. The summed E-state index contributed by atoms with van der Waals surface area (Å²) in [5.41, 5.74) is 5.55. The first kappa shape index (κ1) is 21.4. The first-order valence-corrected chi connectivity index (χ1v) is 10.0. The molecule has 3 aromatic carbocycles. The molecule has 0 saturated carbocycles. The molecule has 1 N–H and O–H groups in total. The highest BCUT2D eigenvalue weighted by Crippen LogP contribution is 2.15. The van der Waals surface area contributed by atoms with Gasteiger partial charge in [-0.3, -0.25) is 4.79 Å². The van der Waals surface area contributed by atoms with E-state index in [1.807, 2.05) is 72.8 Å². The predicted octanol–water partition coefficient (Wildman–Crippen LogP) is 5.01. The van der Waals surface area contributed by atoms with Crippen molar-refractivity contribution in [2.45, 2.75) is 20.0 Å². The van der Waals surface area contributed by atoms with Crippen LogP contribution in [0.1, 0.15) is 23.6 Å². The van der Waals surface area contributed by atoms with Gasteiger partial charge in [-0.2, -0.15) is 5.10 Å². The number of rotatable bonds is 9. The molecule has 1 amide bonds. The molecule has 3 aromatic rings. The van der Waals surface area contributed by atoms with Crippen LogP contribution in [0.15, 0.2) is 77.9 Å². The molecule has 0 bridgehead atoms. The molecule has 0 spiro atoms. The van der Waals surface area contributed by atoms with Gasteiger partial charge in [-0.05, 0) is 71.6 Å². The van der Waals surface area contributed by atoms with E-state index < -0.39 is 0 Å². The highest BCUT2D eigenvalue weighted by molar-refractivity contribution is 6.30. The number of benzene rings is 3. The Kier molecular flexibility index (Phi) is 7.86. The topological polar surface area (TPSA) is 59.9 Å². The third-order valence-corrected chi connectivity index (χ3v) is 4.56. The molecule has 0 radical (unpaired) electrons. The van der Waals surface area contributed by atoms with Crippen molar-refractivity contribution in [1.82, 2.24) is 5.43 Å². The quantitative estimate of drug-likeness (QED) is 0.389. The van der Waals surface area contributed by atoms with Gasteiger partial charge in [-0.15, -0.1) is 0 Å². The van der Waals surface area contributed by atoms with E-state index >= 15 is 0 Å². The van der Waals surface area contributed by atoms with Gasteiger partial charge >= 0.3 is 0 Å². The largest absolute Gasteiger partial charge is 0.489 e. The fourth-order valence-corrected chi connectivity index (χ4v) is 2.70. The van der Waals surface area contributed by atoms with Gasteiger partial charge in [0.25, 0.3) is 5.91 Å². The van der Waals surface area contributed by atoms with Crippen molar-refractivity contribution in [3.05, 3.63) is 94.5 Å². The molecular formula is C24H23ClN2O3. The second kappa shape index (κ2) is 11.0. The number of ether oxygens (including phenoxy) is 2. The van der Waals surface area contributed by atoms with E-state index in [1.54, 1.807) is 6.21 Å². The summed E-state index contributed by atoms with van der Waals surface area (Å²) in [5.74, 6) is 1.07. The number of hydrogen-bond acceptors (Lipinski definition) is 4. The highest BCUT2D eigenvalue weighted by atomic mass is 35.5. The number of aryl methyl sites for hydroxylation is 1. The van der Waals surface area contributed by atoms with E-state index in [0.717, 1.165) is 23.3 Å². The Morgan fingerprint density at radius 3 is 2.17 bits per heavy atom. The normalized spacial score (nSPS) is 10.7. The summed E-state index contributed by atoms with van der Waals surface area (Å²) in [6.07, 6.45) is 2.53. The second-order valence-corrected chi connectivity index (χ2v) is 7.00. The fraction of sp³-hybridized carbons (Fsp3) is 0.167. The third kappa shape index (κ3) is 6.94. The van der Waals surface area contributed by atoms with Crippen molar-refractivity contribution >= 4 is 23.7 Å². The second-order valence-electron chi connectivity index (χ2n) is 6.56. The number of nitrogens with zero attached hydrogens (tertiary/aromatic N) is 1. The molecule has 30 heavy (non-hydrogen) atoms. The summed E-state index contributed by atoms with van der Waals surface area (Å²) in [6.45, 7) is 2.45. The molecule has 0 fully saturated rings. The minimum absolute atomic E-state index is 0.0969. The van der Waals surface area contributed by atoms with E-state index in [0.29, 0.717) is 17.4 Å². The minimum atomic E-state index is -0.325. The average molecular weight is 423 g/mol. The Labute approximate surface area is 181 Å². The summed E-state index contributed by atoms with van der Waals surface area (Å²) >= 11 is 5.88. The van der Waals surface area contributed by atoms with Gasteiger partial charge in [0.1, 0.15) is 18.1 Å². The fourth-order valence-electron chi connectivity index (χ4n) is 2.58. The maximum Gasteiger partial charge on any atom is 0.277 e. The van der Waals surface area contributed by atoms with Gasteiger partial charge in [0.2, 0.25) is 0 Å². The Morgan fingerprint density at radius 2 is 1.50 bits per heavy atom. The number of carbonyl (C=O) groups is 1. The van der Waals surface area contributed by atoms with E-state index in [-0.39, 0.29) is 12.5 Å². The predicted molar refractivity (Wildman–Crippen MR) is 119 cm³/mol. The van der Waals surface area contributed by atoms with Crippen LogP contribution in [-0.2, 0) is 17.8 Å². The molecule has 154 valence electrons. The summed E-state index contributed by atoms with van der Waals surface area (Å²) in [6, 6.07) is 22.6. The molecule has 0 heterocycles. The van der Waals surface area contributed by atoms with Crippen LogP contribution in [0.4, 0.5) is 0 Å². The van der Waals surface area contributed by atoms with Gasteiger partial charge < -0.3 is 9.47 Å². The van der Waals surface area contributed by atoms with Crippen LogP contribution in [0.5, 0.6) is 11.5 Å². The Morgan fingerprint density at radius 1 is 0.900 bits per heavy atom. The molecule has 0 aromatic heterocycles. The SMILES string of the molecule is CCc1ccc(OCC(=O)N/N=C/c2ccc(OCc3ccc(Cl)cc3)cc2)cc1. The van der Waals surface area contributed by atoms with Gasteiger partial charge in [0, 0.05) is 5.02 Å². The minimum Gasteiger partial charge on any atom is -0.489 e. The number of hydrazone groups is 1. The van der Waals surface area contributed by atoms with E-state index in [9.17, 15) is 4.79 Å². The van der Waals surface area contributed by atoms with Crippen molar-refractivity contribution in [1.29, 1.82) is 0 Å². The number of hydrogen-bond donors (Lipinski definition) is 1. The smallest absolute Gasteiger partial charge is 0.277 e. The Bertz CT molecular complexity index is 969. The standard InChI is InChI=1S/C24H23ClN2O3/c1-2-18-5-11-23(12-6-18)30-17-24(28)27-26-15-19-7-13-22(14-8-19)29-16-20-3-9-21(25)10-4-20/h3-15H,2,16-17H2,1H3,(H,27,28)/b26-15+. The van der Waals surface area contributed by atoms with Crippen LogP contribution in [0.3, 0.4) is 0 Å². The molecule has 0 unspecified atom stereocenters. The summed E-state index contributed by atoms with van der Waals surface area (Å²) in [7, 11) is 0. The molecule has 0 aliphatic rings. The number of amides is 1. The lowest BCUT2D eigenvalue weighted by molar-refractivity contribution is -0.123. The van der Waals surface area contributed by atoms with Crippen molar-refractivity contribution in [3.8, 4) is 11.5 Å². The zero-order chi connectivity index (χ0) is 21.2. The van der Waals surface area contributed by atoms with E-state index in [1.165, 1.54) is 5.56 Å². The van der Waals surface area contributed by atoms with Crippen LogP contribution >= 0.6 is 11.6 Å². The summed E-state index contributed by atoms with van der Waals surface area (Å²) in [4.78, 5) is 11.8. The van der Waals surface area contributed by atoms with Crippen molar-refractivity contribution < 1.29 is 14.3 Å². The lowest BCUT2D eigenvalue weighted by Crippen LogP contribution is -2.24. The van der Waals surface area contributed by atoms with Crippen LogP contribution in [-0.4, -0.2) is 18.7 Å². The van der Waals surface area contributed by atoms with Gasteiger partial charge in [0.05, 0.1) is 6.21 Å². The third-order valence-electron chi connectivity index (χ3n) is 4.30.